The van der Waals surface area contributed by atoms with Crippen LogP contribution in [0.15, 0.2) is 12.4 Å². The molecule has 1 aliphatic rings. The summed E-state index contributed by atoms with van der Waals surface area (Å²) >= 11 is 0. The highest BCUT2D eigenvalue weighted by atomic mass is 32.2. The number of likely N-dealkylation sites (tertiary alicyclic amines) is 1. The van der Waals surface area contributed by atoms with Gasteiger partial charge in [-0.3, -0.25) is 0 Å². The van der Waals surface area contributed by atoms with E-state index < -0.39 is 9.84 Å². The van der Waals surface area contributed by atoms with Crippen LogP contribution in [0.2, 0.25) is 0 Å². The lowest BCUT2D eigenvalue weighted by Crippen LogP contribution is -2.39. The number of rotatable bonds is 6. The standard InChI is InChI=1S/C14H25N3O2S/c1-3-14-15-6-8-17(14)10-9-16-7-4-5-13(11-16)12-20(2,18)19/h6,8,13H,3-5,7,9-12H2,1-2H3. The van der Waals surface area contributed by atoms with Crippen molar-refractivity contribution in [1.82, 2.24) is 14.5 Å². The maximum atomic E-state index is 11.4. The zero-order valence-electron chi connectivity index (χ0n) is 12.5. The van der Waals surface area contributed by atoms with Crippen molar-refractivity contribution < 1.29 is 8.42 Å². The van der Waals surface area contributed by atoms with Crippen molar-refractivity contribution in [3.8, 4) is 0 Å². The fourth-order valence-electron chi connectivity index (χ4n) is 3.03. The summed E-state index contributed by atoms with van der Waals surface area (Å²) in [4.78, 5) is 6.71. The summed E-state index contributed by atoms with van der Waals surface area (Å²) in [5.74, 6) is 1.75. The van der Waals surface area contributed by atoms with Gasteiger partial charge in [0.05, 0.1) is 5.75 Å². The number of aryl methyl sites for hydroxylation is 1. The first-order chi connectivity index (χ1) is 9.48. The Morgan fingerprint density at radius 1 is 1.40 bits per heavy atom. The molecular formula is C14H25N3O2S. The molecule has 114 valence electrons. The fraction of sp³-hybridized carbons (Fsp3) is 0.786. The summed E-state index contributed by atoms with van der Waals surface area (Å²) in [6.45, 7) is 6.01. The lowest BCUT2D eigenvalue weighted by Gasteiger charge is -2.32. The van der Waals surface area contributed by atoms with Gasteiger partial charge in [0.15, 0.2) is 0 Å². The van der Waals surface area contributed by atoms with Gasteiger partial charge in [-0.15, -0.1) is 0 Å². The zero-order valence-corrected chi connectivity index (χ0v) is 13.3. The van der Waals surface area contributed by atoms with Gasteiger partial charge >= 0.3 is 0 Å². The first-order valence-electron chi connectivity index (χ1n) is 7.38. The van der Waals surface area contributed by atoms with Crippen molar-refractivity contribution in [1.29, 1.82) is 0 Å². The Kier molecular flexibility index (Phi) is 5.21. The number of aromatic nitrogens is 2. The highest BCUT2D eigenvalue weighted by Gasteiger charge is 2.22. The van der Waals surface area contributed by atoms with Gasteiger partial charge in [0.2, 0.25) is 0 Å². The molecule has 0 saturated carbocycles. The van der Waals surface area contributed by atoms with Crippen LogP contribution in [0.4, 0.5) is 0 Å². The first-order valence-corrected chi connectivity index (χ1v) is 9.44. The molecular weight excluding hydrogens is 274 g/mol. The van der Waals surface area contributed by atoms with Gasteiger partial charge in [0.25, 0.3) is 0 Å². The summed E-state index contributed by atoms with van der Waals surface area (Å²) < 4.78 is 25.0. The average Bonchev–Trinajstić information content (AvgIpc) is 2.82. The Bertz CT molecular complexity index is 524. The molecule has 1 aliphatic heterocycles. The van der Waals surface area contributed by atoms with Crippen molar-refractivity contribution >= 4 is 9.84 Å². The SMILES string of the molecule is CCc1nccn1CCN1CCCC(CS(C)(=O)=O)C1. The smallest absolute Gasteiger partial charge is 0.147 e. The molecule has 0 N–H and O–H groups in total. The number of hydrogen-bond donors (Lipinski definition) is 0. The Morgan fingerprint density at radius 3 is 2.90 bits per heavy atom. The number of sulfone groups is 1. The van der Waals surface area contributed by atoms with Crippen molar-refractivity contribution in [2.45, 2.75) is 32.7 Å². The highest BCUT2D eigenvalue weighted by molar-refractivity contribution is 7.90. The van der Waals surface area contributed by atoms with Crippen LogP contribution < -0.4 is 0 Å². The first kappa shape index (κ1) is 15.5. The molecule has 6 heteroatoms. The van der Waals surface area contributed by atoms with Crippen molar-refractivity contribution in [3.63, 3.8) is 0 Å². The maximum absolute atomic E-state index is 11.4. The molecule has 1 aromatic heterocycles. The number of nitrogens with zero attached hydrogens (tertiary/aromatic N) is 3. The Balaban J connectivity index is 1.84. The molecule has 0 aromatic carbocycles. The maximum Gasteiger partial charge on any atom is 0.147 e. The molecule has 2 rings (SSSR count). The van der Waals surface area contributed by atoms with Crippen LogP contribution in [0.1, 0.15) is 25.6 Å². The minimum atomic E-state index is -2.86. The van der Waals surface area contributed by atoms with Gasteiger partial charge in [-0.1, -0.05) is 6.92 Å². The van der Waals surface area contributed by atoms with Gasteiger partial charge < -0.3 is 9.47 Å². The third-order valence-corrected chi connectivity index (χ3v) is 4.99. The van der Waals surface area contributed by atoms with Crippen LogP contribution in [0.3, 0.4) is 0 Å². The Labute approximate surface area is 121 Å². The molecule has 0 amide bonds. The van der Waals surface area contributed by atoms with Crippen LogP contribution in [0, 0.1) is 5.92 Å². The second kappa shape index (κ2) is 6.72. The lowest BCUT2D eigenvalue weighted by molar-refractivity contribution is 0.179. The minimum absolute atomic E-state index is 0.298. The molecule has 0 radical (unpaired) electrons. The van der Waals surface area contributed by atoms with E-state index in [1.165, 1.54) is 6.26 Å². The van der Waals surface area contributed by atoms with E-state index in [9.17, 15) is 8.42 Å². The molecule has 0 spiro atoms. The highest BCUT2D eigenvalue weighted by Crippen LogP contribution is 2.18. The average molecular weight is 299 g/mol. The molecule has 0 aliphatic carbocycles. The second-order valence-corrected chi connectivity index (χ2v) is 7.98. The summed E-state index contributed by atoms with van der Waals surface area (Å²) in [7, 11) is -2.86. The summed E-state index contributed by atoms with van der Waals surface area (Å²) in [6, 6.07) is 0. The minimum Gasteiger partial charge on any atom is -0.334 e. The monoisotopic (exact) mass is 299 g/mol. The molecule has 1 atom stereocenters. The quantitative estimate of drug-likeness (QED) is 0.792. The molecule has 0 bridgehead atoms. The normalized spacial score (nSPS) is 21.2. The summed E-state index contributed by atoms with van der Waals surface area (Å²) in [5, 5.41) is 0. The van der Waals surface area contributed by atoms with Crippen LogP contribution in [-0.4, -0.2) is 54.5 Å². The zero-order chi connectivity index (χ0) is 14.6. The predicted molar refractivity (Wildman–Crippen MR) is 80.5 cm³/mol. The van der Waals surface area contributed by atoms with E-state index in [2.05, 4.69) is 21.4 Å². The van der Waals surface area contributed by atoms with E-state index in [1.807, 2.05) is 12.4 Å². The van der Waals surface area contributed by atoms with E-state index >= 15 is 0 Å². The van der Waals surface area contributed by atoms with Crippen LogP contribution in [0.25, 0.3) is 0 Å². The number of imidazole rings is 1. The molecule has 5 nitrogen and oxygen atoms in total. The lowest BCUT2D eigenvalue weighted by atomic mass is 10.0. The fourth-order valence-corrected chi connectivity index (χ4v) is 4.15. The van der Waals surface area contributed by atoms with E-state index in [1.54, 1.807) is 0 Å². The second-order valence-electron chi connectivity index (χ2n) is 5.79. The molecule has 1 aromatic rings. The third kappa shape index (κ3) is 4.59. The molecule has 1 unspecified atom stereocenters. The Hall–Kier alpha value is -0.880. The van der Waals surface area contributed by atoms with Crippen molar-refractivity contribution in [2.24, 2.45) is 5.92 Å². The van der Waals surface area contributed by atoms with Gasteiger partial charge in [-0.2, -0.15) is 0 Å². The summed E-state index contributed by atoms with van der Waals surface area (Å²) in [6.07, 6.45) is 8.30. The van der Waals surface area contributed by atoms with Crippen molar-refractivity contribution in [2.75, 3.05) is 31.6 Å². The van der Waals surface area contributed by atoms with E-state index in [4.69, 9.17) is 0 Å². The van der Waals surface area contributed by atoms with Gasteiger partial charge in [-0.25, -0.2) is 13.4 Å². The van der Waals surface area contributed by atoms with E-state index in [-0.39, 0.29) is 0 Å². The van der Waals surface area contributed by atoms with Gasteiger partial charge in [0.1, 0.15) is 15.7 Å². The number of hydrogen-bond acceptors (Lipinski definition) is 4. The predicted octanol–water partition coefficient (Wildman–Crippen LogP) is 1.20. The van der Waals surface area contributed by atoms with Crippen LogP contribution in [-0.2, 0) is 22.8 Å². The van der Waals surface area contributed by atoms with E-state index in [0.717, 1.165) is 51.3 Å². The van der Waals surface area contributed by atoms with Crippen LogP contribution in [0.5, 0.6) is 0 Å². The summed E-state index contributed by atoms with van der Waals surface area (Å²) in [5.41, 5.74) is 0. The molecule has 2 heterocycles. The third-order valence-electron chi connectivity index (χ3n) is 3.92. The molecule has 20 heavy (non-hydrogen) atoms. The van der Waals surface area contributed by atoms with Crippen LogP contribution >= 0.6 is 0 Å². The molecule has 1 saturated heterocycles. The molecule has 1 fully saturated rings. The topological polar surface area (TPSA) is 55.2 Å². The van der Waals surface area contributed by atoms with Gasteiger partial charge in [-0.05, 0) is 25.3 Å². The van der Waals surface area contributed by atoms with Gasteiger partial charge in [0, 0.05) is 44.7 Å². The largest absolute Gasteiger partial charge is 0.334 e. The Morgan fingerprint density at radius 2 is 2.20 bits per heavy atom. The number of piperidine rings is 1. The van der Waals surface area contributed by atoms with Crippen molar-refractivity contribution in [3.05, 3.63) is 18.2 Å². The van der Waals surface area contributed by atoms with E-state index in [0.29, 0.717) is 11.7 Å².